The number of carbonyl (C=O) groups excluding carboxylic acids is 2. The topological polar surface area (TPSA) is 98.6 Å². The molecule has 2 atom stereocenters. The lowest BCUT2D eigenvalue weighted by Gasteiger charge is -2.22. The first-order chi connectivity index (χ1) is 21.0. The van der Waals surface area contributed by atoms with E-state index in [0.717, 1.165) is 34.4 Å². The highest BCUT2D eigenvalue weighted by atomic mass is 32.2. The third-order valence-electron chi connectivity index (χ3n) is 7.04. The van der Waals surface area contributed by atoms with Crippen LogP contribution in [0.4, 0.5) is 29.3 Å². The van der Waals surface area contributed by atoms with Crippen molar-refractivity contribution in [2.45, 2.75) is 52.2 Å². The number of benzene rings is 3. The van der Waals surface area contributed by atoms with Crippen LogP contribution in [-0.4, -0.2) is 41.6 Å². The molecule has 3 amide bonds. The van der Waals surface area contributed by atoms with E-state index in [1.807, 2.05) is 63.2 Å². The number of alkyl halides is 3. The van der Waals surface area contributed by atoms with Crippen LogP contribution < -0.4 is 25.4 Å². The third kappa shape index (κ3) is 7.40. The molecule has 0 bridgehead atoms. The van der Waals surface area contributed by atoms with Crippen molar-refractivity contribution in [2.24, 2.45) is 9.98 Å². The number of rotatable bonds is 8. The molecular weight excluding hydrogens is 593 g/mol. The monoisotopic (exact) mass is 624 g/mol. The number of nitrogens with one attached hydrogen (secondary N) is 2. The number of hydrogen-bond acceptors (Lipinski definition) is 7. The number of carbonyl (C=O) groups is 2. The molecule has 9 nitrogen and oxygen atoms in total. The van der Waals surface area contributed by atoms with Gasteiger partial charge in [-0.15, -0.1) is 13.2 Å². The van der Waals surface area contributed by atoms with E-state index < -0.39 is 12.4 Å². The van der Waals surface area contributed by atoms with Gasteiger partial charge in [-0.05, 0) is 73.2 Å². The summed E-state index contributed by atoms with van der Waals surface area (Å²) in [5, 5.41) is 4.90. The number of halogens is 3. The summed E-state index contributed by atoms with van der Waals surface area (Å²) in [6.07, 6.45) is -2.25. The van der Waals surface area contributed by atoms with E-state index in [0.29, 0.717) is 17.3 Å². The molecule has 3 aromatic rings. The van der Waals surface area contributed by atoms with Gasteiger partial charge in [0.2, 0.25) is 5.91 Å². The van der Waals surface area contributed by atoms with Crippen LogP contribution in [0.15, 0.2) is 76.7 Å². The lowest BCUT2D eigenvalue weighted by Crippen LogP contribution is -2.35. The maximum atomic E-state index is 12.8. The van der Waals surface area contributed by atoms with Gasteiger partial charge in [0.05, 0.1) is 17.1 Å². The first kappa shape index (κ1) is 31.1. The molecule has 2 unspecified atom stereocenters. The molecule has 1 saturated heterocycles. The molecule has 1 fully saturated rings. The van der Waals surface area contributed by atoms with Crippen molar-refractivity contribution in [1.29, 1.82) is 0 Å². The number of ether oxygens (including phenoxy) is 1. The Morgan fingerprint density at radius 2 is 1.89 bits per heavy atom. The fraction of sp³-hybridized carbons (Fsp3) is 0.290. The Morgan fingerprint density at radius 3 is 2.57 bits per heavy atom. The number of nitrogens with zero attached hydrogens (tertiary/aromatic N) is 4. The highest BCUT2D eigenvalue weighted by Crippen LogP contribution is 2.33. The molecule has 0 radical (unpaired) electrons. The normalized spacial score (nSPS) is 18.3. The summed E-state index contributed by atoms with van der Waals surface area (Å²) in [5.74, 6) is -0.173. The van der Waals surface area contributed by atoms with Gasteiger partial charge in [-0.2, -0.15) is 10.4 Å². The van der Waals surface area contributed by atoms with Crippen LogP contribution in [-0.2, 0) is 17.6 Å². The number of aliphatic imine (C=N–C) groups is 2. The Kier molecular flexibility index (Phi) is 9.25. The van der Waals surface area contributed by atoms with Crippen molar-refractivity contribution < 1.29 is 27.5 Å². The first-order valence-corrected chi connectivity index (χ1v) is 15.0. The number of hydrazine groups is 1. The van der Waals surface area contributed by atoms with Gasteiger partial charge in [0.15, 0.2) is 5.17 Å². The summed E-state index contributed by atoms with van der Waals surface area (Å²) in [7, 11) is 0. The molecule has 3 aromatic carbocycles. The van der Waals surface area contributed by atoms with Crippen LogP contribution in [0.25, 0.3) is 0 Å². The summed E-state index contributed by atoms with van der Waals surface area (Å²) in [6.45, 7) is 5.86. The molecular formula is C31H31F3N6O3S. The maximum Gasteiger partial charge on any atom is 0.573 e. The Hall–Kier alpha value is -4.36. The predicted octanol–water partition coefficient (Wildman–Crippen LogP) is 6.28. The number of hydrogen-bond donors (Lipinski definition) is 2. The number of anilines is 2. The molecule has 230 valence electrons. The van der Waals surface area contributed by atoms with Gasteiger partial charge in [0.25, 0.3) is 0 Å². The smallest absolute Gasteiger partial charge is 0.406 e. The van der Waals surface area contributed by atoms with E-state index in [9.17, 15) is 22.8 Å². The van der Waals surface area contributed by atoms with Crippen molar-refractivity contribution in [1.82, 2.24) is 10.7 Å². The highest BCUT2D eigenvalue weighted by molar-refractivity contribution is 8.15. The summed E-state index contributed by atoms with van der Waals surface area (Å²) < 4.78 is 41.2. The Balaban J connectivity index is 1.16. The van der Waals surface area contributed by atoms with Crippen molar-refractivity contribution in [3.8, 4) is 5.75 Å². The second kappa shape index (κ2) is 13.1. The SMILES string of the molecule is CCc1cccc(C)c1N1C(=O)CSC1=NC(=O)NC(C)Cc1ccc(C2N=CN(c3ccc(OC(F)(F)F)cc3)N2)cc1. The molecule has 0 aliphatic carbocycles. The van der Waals surface area contributed by atoms with E-state index in [-0.39, 0.29) is 29.6 Å². The molecule has 0 aromatic heterocycles. The molecule has 5 rings (SSSR count). The van der Waals surface area contributed by atoms with Gasteiger partial charge >= 0.3 is 12.4 Å². The number of amides is 3. The number of thioether (sulfide) groups is 1. The summed E-state index contributed by atoms with van der Waals surface area (Å²) in [5.41, 5.74) is 8.43. The van der Waals surface area contributed by atoms with Crippen LogP contribution >= 0.6 is 11.8 Å². The average molecular weight is 625 g/mol. The van der Waals surface area contributed by atoms with Gasteiger partial charge in [-0.3, -0.25) is 14.7 Å². The van der Waals surface area contributed by atoms with Gasteiger partial charge in [-0.25, -0.2) is 9.79 Å². The standard InChI is InChI=1S/C31H31F3N6O3S/c1-4-22-7-5-6-19(2)27(22)40-26(41)17-44-30(40)37-29(42)36-20(3)16-21-8-10-23(11-9-21)28-35-18-39(38-28)24-12-14-25(15-13-24)43-31(32,33)34/h5-15,18,20,28,38H,4,16-17H2,1-3H3,(H,36,42). The predicted molar refractivity (Wildman–Crippen MR) is 166 cm³/mol. The fourth-order valence-corrected chi connectivity index (χ4v) is 5.85. The van der Waals surface area contributed by atoms with Crippen molar-refractivity contribution in [3.05, 3.63) is 89.0 Å². The van der Waals surface area contributed by atoms with Crippen LogP contribution in [0.5, 0.6) is 5.75 Å². The van der Waals surface area contributed by atoms with Crippen molar-refractivity contribution >= 4 is 46.6 Å². The first-order valence-electron chi connectivity index (χ1n) is 14.0. The molecule has 2 aliphatic heterocycles. The number of para-hydroxylation sites is 1. The maximum absolute atomic E-state index is 12.8. The molecule has 44 heavy (non-hydrogen) atoms. The van der Waals surface area contributed by atoms with Crippen molar-refractivity contribution in [3.63, 3.8) is 0 Å². The summed E-state index contributed by atoms with van der Waals surface area (Å²) in [4.78, 5) is 35.9. The van der Waals surface area contributed by atoms with Crippen LogP contribution in [0.2, 0.25) is 0 Å². The molecule has 0 saturated carbocycles. The Labute approximate surface area is 257 Å². The number of aryl methyl sites for hydroxylation is 2. The zero-order chi connectivity index (χ0) is 31.4. The van der Waals surface area contributed by atoms with Gasteiger partial charge in [0.1, 0.15) is 18.3 Å². The van der Waals surface area contributed by atoms with E-state index in [2.05, 4.69) is 25.5 Å². The largest absolute Gasteiger partial charge is 0.573 e. The van der Waals surface area contributed by atoms with Crippen molar-refractivity contribution in [2.75, 3.05) is 15.7 Å². The fourth-order valence-electron chi connectivity index (χ4n) is 5.00. The van der Waals surface area contributed by atoms with Gasteiger partial charge in [0, 0.05) is 6.04 Å². The number of amidine groups is 1. The Morgan fingerprint density at radius 1 is 1.16 bits per heavy atom. The third-order valence-corrected chi connectivity index (χ3v) is 7.96. The average Bonchev–Trinajstić information content (AvgIpc) is 3.60. The molecule has 2 heterocycles. The minimum Gasteiger partial charge on any atom is -0.406 e. The minimum atomic E-state index is -4.75. The minimum absolute atomic E-state index is 0.101. The molecule has 2 aliphatic rings. The van der Waals surface area contributed by atoms with Gasteiger partial charge < -0.3 is 10.1 Å². The zero-order valence-corrected chi connectivity index (χ0v) is 25.1. The van der Waals surface area contributed by atoms with Gasteiger partial charge in [-0.1, -0.05) is 61.2 Å². The lowest BCUT2D eigenvalue weighted by atomic mass is 10.0. The van der Waals surface area contributed by atoms with E-state index >= 15 is 0 Å². The second-order valence-corrected chi connectivity index (χ2v) is 11.3. The quantitative estimate of drug-likeness (QED) is 0.306. The zero-order valence-electron chi connectivity index (χ0n) is 24.3. The van der Waals surface area contributed by atoms with Crippen LogP contribution in [0.1, 0.15) is 42.3 Å². The van der Waals surface area contributed by atoms with E-state index in [1.165, 1.54) is 36.0 Å². The number of urea groups is 1. The Bertz CT molecular complexity index is 1580. The van der Waals surface area contributed by atoms with Crippen LogP contribution in [0, 0.1) is 6.92 Å². The van der Waals surface area contributed by atoms with E-state index in [1.54, 1.807) is 16.2 Å². The lowest BCUT2D eigenvalue weighted by molar-refractivity contribution is -0.274. The van der Waals surface area contributed by atoms with E-state index in [4.69, 9.17) is 0 Å². The summed E-state index contributed by atoms with van der Waals surface area (Å²) >= 11 is 1.25. The molecule has 13 heteroatoms. The second-order valence-electron chi connectivity index (χ2n) is 10.4. The molecule has 0 spiro atoms. The highest BCUT2D eigenvalue weighted by Gasteiger charge is 2.33. The summed E-state index contributed by atoms with van der Waals surface area (Å²) in [6, 6.07) is 18.4. The van der Waals surface area contributed by atoms with Crippen LogP contribution in [0.3, 0.4) is 0 Å². The molecule has 2 N–H and O–H groups in total.